The average molecular weight is 1030 g/mol. The number of guanidine groups is 1. The minimum Gasteiger partial charge on any atom is -0.481 e. The van der Waals surface area contributed by atoms with Gasteiger partial charge in [0.15, 0.2) is 6.04 Å². The summed E-state index contributed by atoms with van der Waals surface area (Å²) in [5.41, 5.74) is 18.4. The van der Waals surface area contributed by atoms with Gasteiger partial charge in [0.1, 0.15) is 54.8 Å². The van der Waals surface area contributed by atoms with E-state index in [1.807, 2.05) is 0 Å². The van der Waals surface area contributed by atoms with Crippen LogP contribution in [-0.4, -0.2) is 154 Å². The van der Waals surface area contributed by atoms with Crippen LogP contribution < -0.4 is 70.5 Å². The standard InChI is InChI=1S/C46H85N13O13/c1-11-25(8)35(58-38(64)28(48)21-33(61)62)43(69)54-30(16-14-18-51-46(49)50)39(65)55-31(19-22(2)3)41(67)52-26(9)37(63)53-29(15-12-13-17-47)40(66)59-36(27(10)60)44(70)56-32(20-23(4)5)42(68)57-34(24(6)7)45(71)72/h22-32,34-36,60H,11-21,47-48H2,1-10H3,(H,52,67)(H,53,63)(H,54,69)(H,55,65)(H,56,70)(H,57,68)(H,58,64)(H,59,66)(H,61,62)(H,71,72)(H4,49,50,51)/p+3/t25-,26-,27+,28-,29-,30-,31-,32-,34-,35-,36-/m0/s1. The van der Waals surface area contributed by atoms with E-state index in [0.717, 1.165) is 0 Å². The number of unbranched alkanes of at least 4 members (excludes halogenated alkanes) is 1. The number of carboxylic acids is 2. The Kier molecular flexibility index (Phi) is 30.6. The molecule has 0 aliphatic carbocycles. The van der Waals surface area contributed by atoms with Crippen LogP contribution in [0.15, 0.2) is 0 Å². The van der Waals surface area contributed by atoms with Gasteiger partial charge in [0, 0.05) is 0 Å². The van der Waals surface area contributed by atoms with Crippen LogP contribution in [0.5, 0.6) is 0 Å². The summed E-state index contributed by atoms with van der Waals surface area (Å²) in [5.74, 6) is -10.4. The van der Waals surface area contributed by atoms with Crippen molar-refractivity contribution in [3.05, 3.63) is 0 Å². The maximum absolute atomic E-state index is 14.0. The fraction of sp³-hybridized carbons (Fsp3) is 0.761. The van der Waals surface area contributed by atoms with E-state index in [9.17, 15) is 58.2 Å². The maximum atomic E-state index is 14.0. The van der Waals surface area contributed by atoms with E-state index in [4.69, 9.17) is 16.6 Å². The number of hydrogen-bond donors (Lipinski definition) is 16. The highest BCUT2D eigenvalue weighted by Gasteiger charge is 2.37. The van der Waals surface area contributed by atoms with E-state index in [1.165, 1.54) is 13.8 Å². The molecule has 0 radical (unpaired) electrons. The number of hydrogen-bond acceptors (Lipinski definition) is 11. The Morgan fingerprint density at radius 3 is 1.43 bits per heavy atom. The molecule has 0 aromatic carbocycles. The van der Waals surface area contributed by atoms with Crippen molar-refractivity contribution in [1.82, 2.24) is 42.5 Å². The second-order valence-electron chi connectivity index (χ2n) is 19.6. The Morgan fingerprint density at radius 1 is 0.542 bits per heavy atom. The van der Waals surface area contributed by atoms with E-state index in [0.29, 0.717) is 25.8 Å². The van der Waals surface area contributed by atoms with Crippen molar-refractivity contribution in [3.63, 3.8) is 0 Å². The highest BCUT2D eigenvalue weighted by atomic mass is 16.4. The quantitative estimate of drug-likeness (QED) is 0.0160. The Hall–Kier alpha value is -6.15. The number of rotatable bonds is 35. The van der Waals surface area contributed by atoms with Gasteiger partial charge in [-0.15, -0.1) is 0 Å². The highest BCUT2D eigenvalue weighted by molar-refractivity contribution is 5.98. The summed E-state index contributed by atoms with van der Waals surface area (Å²) in [5, 5.41) is 50.0. The monoisotopic (exact) mass is 1030 g/mol. The fourth-order valence-corrected chi connectivity index (χ4v) is 7.18. The molecule has 11 atom stereocenters. The second kappa shape index (κ2) is 33.5. The summed E-state index contributed by atoms with van der Waals surface area (Å²) in [4.78, 5) is 135. The normalized spacial score (nSPS) is 15.9. The Labute approximate surface area is 422 Å². The van der Waals surface area contributed by atoms with E-state index in [1.54, 1.807) is 55.4 Å². The molecule has 0 saturated carbocycles. The molecule has 0 fully saturated rings. The number of carbonyl (C=O) groups is 10. The van der Waals surface area contributed by atoms with Crippen molar-refractivity contribution in [2.24, 2.45) is 35.1 Å². The van der Waals surface area contributed by atoms with E-state index in [2.05, 4.69) is 59.0 Å². The zero-order valence-corrected chi connectivity index (χ0v) is 43.9. The molecule has 26 nitrogen and oxygen atoms in total. The zero-order chi connectivity index (χ0) is 55.6. The fourth-order valence-electron chi connectivity index (χ4n) is 7.18. The first-order chi connectivity index (χ1) is 33.5. The van der Waals surface area contributed by atoms with Crippen molar-refractivity contribution < 1.29 is 79.7 Å². The van der Waals surface area contributed by atoms with E-state index < -0.39 is 138 Å². The number of aliphatic hydroxyl groups is 1. The third-order valence-corrected chi connectivity index (χ3v) is 11.6. The first-order valence-electron chi connectivity index (χ1n) is 24.8. The summed E-state index contributed by atoms with van der Waals surface area (Å²) < 4.78 is 0. The van der Waals surface area contributed by atoms with Crippen LogP contribution in [0.25, 0.3) is 0 Å². The van der Waals surface area contributed by atoms with Crippen molar-refractivity contribution in [2.75, 3.05) is 13.1 Å². The third-order valence-electron chi connectivity index (χ3n) is 11.6. The molecule has 8 amide bonds. The topological polar surface area (TPSA) is 449 Å². The number of carboxylic acid groups (broad SMARTS) is 2. The molecule has 26 heteroatoms. The number of quaternary nitrogens is 2. The number of nitrogens with two attached hydrogens (primary N) is 2. The van der Waals surface area contributed by atoms with Crippen molar-refractivity contribution in [3.8, 4) is 0 Å². The summed E-state index contributed by atoms with van der Waals surface area (Å²) in [7, 11) is 0. The largest absolute Gasteiger partial charge is 0.481 e. The number of amides is 8. The second-order valence-corrected chi connectivity index (χ2v) is 19.6. The molecular weight excluding hydrogens is 943 g/mol. The average Bonchev–Trinajstić information content (AvgIpc) is 3.27. The molecule has 412 valence electrons. The van der Waals surface area contributed by atoms with Crippen LogP contribution >= 0.6 is 0 Å². The molecule has 0 aliphatic heterocycles. The molecule has 0 rings (SSSR count). The minimum absolute atomic E-state index is 0.000678. The molecule has 0 saturated heterocycles. The molecule has 0 aromatic heterocycles. The third kappa shape index (κ3) is 25.3. The van der Waals surface area contributed by atoms with Gasteiger partial charge in [0.05, 0.1) is 19.2 Å². The molecular formula is C46H88N13O13+3. The van der Waals surface area contributed by atoms with Gasteiger partial charge in [-0.3, -0.25) is 59.6 Å². The minimum atomic E-state index is -1.63. The Morgan fingerprint density at radius 2 is 0.972 bits per heavy atom. The molecule has 0 heterocycles. The molecule has 72 heavy (non-hydrogen) atoms. The molecule has 22 N–H and O–H groups in total. The van der Waals surface area contributed by atoms with Crippen LogP contribution in [0.1, 0.15) is 127 Å². The van der Waals surface area contributed by atoms with Gasteiger partial charge in [-0.1, -0.05) is 61.8 Å². The number of aliphatic hydroxyl groups excluding tert-OH is 1. The van der Waals surface area contributed by atoms with Crippen LogP contribution in [0, 0.1) is 23.7 Å². The van der Waals surface area contributed by atoms with Crippen LogP contribution in [0.3, 0.4) is 0 Å². The SMILES string of the molecule is CC[C@H](C)[C@H](NC(=O)[C@@H]([NH3+])CC(=O)O)C(=O)N[C@@H](CCC[NH+]=C(N)N)C(=O)N[C@@H](CC(C)C)C(=O)N[C@@H](C)C(=O)N[C@@H](CCCC[NH3+])C(=O)N[C@H](C(=O)N[C@@H](CC(C)C)C(=O)N[C@H](C(=O)O)C(C)C)[C@@H](C)O. The van der Waals surface area contributed by atoms with E-state index in [-0.39, 0.29) is 56.4 Å². The number of aliphatic carboxylic acids is 2. The Bertz CT molecular complexity index is 1840. The first-order valence-corrected chi connectivity index (χ1v) is 24.8. The predicted molar refractivity (Wildman–Crippen MR) is 263 cm³/mol. The van der Waals surface area contributed by atoms with Gasteiger partial charge in [-0.25, -0.2) is 4.79 Å². The number of nitrogens with one attached hydrogen (secondary N) is 9. The molecule has 0 aromatic rings. The summed E-state index contributed by atoms with van der Waals surface area (Å²) in [6.45, 7) is 17.1. The lowest BCUT2D eigenvalue weighted by molar-refractivity contribution is -0.459. The van der Waals surface area contributed by atoms with Crippen LogP contribution in [-0.2, 0) is 47.9 Å². The van der Waals surface area contributed by atoms with Gasteiger partial charge in [0.25, 0.3) is 5.91 Å². The predicted octanol–water partition coefficient (Wildman–Crippen LogP) is -6.22. The van der Waals surface area contributed by atoms with Gasteiger partial charge < -0.3 is 69.3 Å². The van der Waals surface area contributed by atoms with Crippen LogP contribution in [0.2, 0.25) is 0 Å². The van der Waals surface area contributed by atoms with Crippen LogP contribution in [0.4, 0.5) is 0 Å². The lowest BCUT2D eigenvalue weighted by Crippen LogP contribution is -2.78. The van der Waals surface area contributed by atoms with Gasteiger partial charge >= 0.3 is 17.9 Å². The molecule has 0 bridgehead atoms. The lowest BCUT2D eigenvalue weighted by atomic mass is 9.96. The lowest BCUT2D eigenvalue weighted by Gasteiger charge is -2.29. The van der Waals surface area contributed by atoms with Crippen molar-refractivity contribution in [2.45, 2.75) is 188 Å². The number of carbonyl (C=O) groups excluding carboxylic acids is 8. The summed E-state index contributed by atoms with van der Waals surface area (Å²) in [6.07, 6.45) is -0.280. The smallest absolute Gasteiger partial charge is 0.338 e. The van der Waals surface area contributed by atoms with Crippen molar-refractivity contribution >= 4 is 65.2 Å². The summed E-state index contributed by atoms with van der Waals surface area (Å²) in [6, 6.07) is -11.7. The maximum Gasteiger partial charge on any atom is 0.338 e. The first kappa shape index (κ1) is 65.8. The van der Waals surface area contributed by atoms with Gasteiger partial charge in [0.2, 0.25) is 41.4 Å². The van der Waals surface area contributed by atoms with Gasteiger partial charge in [-0.05, 0) is 82.5 Å². The molecule has 0 unspecified atom stereocenters. The molecule has 0 spiro atoms. The van der Waals surface area contributed by atoms with E-state index >= 15 is 0 Å². The summed E-state index contributed by atoms with van der Waals surface area (Å²) >= 11 is 0. The highest BCUT2D eigenvalue weighted by Crippen LogP contribution is 2.13. The molecule has 0 aliphatic rings. The zero-order valence-electron chi connectivity index (χ0n) is 43.9. The van der Waals surface area contributed by atoms with Gasteiger partial charge in [-0.2, -0.15) is 0 Å². The Balaban J connectivity index is 6.50. The van der Waals surface area contributed by atoms with Crippen molar-refractivity contribution in [1.29, 1.82) is 0 Å².